The zero-order chi connectivity index (χ0) is 12.3. The second kappa shape index (κ2) is 8.76. The first-order valence-electron chi connectivity index (χ1n) is 6.34. The highest BCUT2D eigenvalue weighted by molar-refractivity contribution is 5.77. The smallest absolute Gasteiger partial charge is 0.233 e. The van der Waals surface area contributed by atoms with Gasteiger partial charge in [0.1, 0.15) is 0 Å². The molecule has 3 heteroatoms. The molecule has 1 amide bonds. The number of carbonyl (C=O) groups is 1. The molecule has 94 valence electrons. The van der Waals surface area contributed by atoms with Gasteiger partial charge in [0.05, 0.1) is 6.54 Å². The van der Waals surface area contributed by atoms with Gasteiger partial charge in [0.15, 0.2) is 0 Å². The van der Waals surface area contributed by atoms with Crippen LogP contribution in [0.4, 0.5) is 0 Å². The van der Waals surface area contributed by atoms with Crippen LogP contribution in [-0.4, -0.2) is 25.5 Å². The molecule has 0 bridgehead atoms. The highest BCUT2D eigenvalue weighted by atomic mass is 16.1. The number of amides is 1. The molecule has 0 aliphatic carbocycles. The Morgan fingerprint density at radius 3 is 2.65 bits per heavy atom. The summed E-state index contributed by atoms with van der Waals surface area (Å²) in [5.74, 6) is 0.0894. The van der Waals surface area contributed by atoms with Gasteiger partial charge in [0, 0.05) is 6.54 Å². The van der Waals surface area contributed by atoms with Crippen molar-refractivity contribution in [1.29, 1.82) is 0 Å². The van der Waals surface area contributed by atoms with E-state index in [1.54, 1.807) is 0 Å². The Balaban J connectivity index is 2.02. The quantitative estimate of drug-likeness (QED) is 0.673. The zero-order valence-corrected chi connectivity index (χ0v) is 10.5. The lowest BCUT2D eigenvalue weighted by Crippen LogP contribution is -2.35. The average Bonchev–Trinajstić information content (AvgIpc) is 2.36. The van der Waals surface area contributed by atoms with Gasteiger partial charge in [0.25, 0.3) is 0 Å². The molecule has 17 heavy (non-hydrogen) atoms. The Labute approximate surface area is 104 Å². The Kier molecular flexibility index (Phi) is 7.07. The van der Waals surface area contributed by atoms with Crippen LogP contribution in [-0.2, 0) is 11.2 Å². The molecule has 0 unspecified atom stereocenters. The molecule has 0 aromatic heterocycles. The molecule has 2 N–H and O–H groups in total. The van der Waals surface area contributed by atoms with Crippen LogP contribution in [0.15, 0.2) is 30.3 Å². The number of hydrogen-bond acceptors (Lipinski definition) is 2. The van der Waals surface area contributed by atoms with E-state index in [1.807, 2.05) is 18.2 Å². The summed E-state index contributed by atoms with van der Waals surface area (Å²) in [5.41, 5.74) is 1.30. The van der Waals surface area contributed by atoms with Crippen molar-refractivity contribution in [3.8, 4) is 0 Å². The molecular weight excluding hydrogens is 212 g/mol. The van der Waals surface area contributed by atoms with E-state index in [0.29, 0.717) is 6.54 Å². The number of rotatable bonds is 8. The molecular formula is C14H22N2O. The fourth-order valence-corrected chi connectivity index (χ4v) is 1.55. The molecule has 0 saturated carbocycles. The molecule has 3 nitrogen and oxygen atoms in total. The summed E-state index contributed by atoms with van der Waals surface area (Å²) in [7, 11) is 0. The molecule has 1 rings (SSSR count). The van der Waals surface area contributed by atoms with E-state index in [2.05, 4.69) is 29.7 Å². The van der Waals surface area contributed by atoms with Gasteiger partial charge >= 0.3 is 0 Å². The van der Waals surface area contributed by atoms with E-state index in [9.17, 15) is 4.79 Å². The minimum Gasteiger partial charge on any atom is -0.355 e. The maximum absolute atomic E-state index is 11.4. The maximum Gasteiger partial charge on any atom is 0.233 e. The number of unbranched alkanes of at least 4 members (excludes halogenated alkanes) is 1. The predicted octanol–water partition coefficient (Wildman–Crippen LogP) is 1.73. The molecule has 0 aliphatic heterocycles. The van der Waals surface area contributed by atoms with Crippen LogP contribution in [0, 0.1) is 0 Å². The van der Waals surface area contributed by atoms with Crippen molar-refractivity contribution < 1.29 is 4.79 Å². The van der Waals surface area contributed by atoms with Crippen LogP contribution in [0.5, 0.6) is 0 Å². The fourth-order valence-electron chi connectivity index (χ4n) is 1.55. The largest absolute Gasteiger partial charge is 0.355 e. The second-order valence-corrected chi connectivity index (χ2v) is 4.12. The third kappa shape index (κ3) is 6.74. The first-order valence-corrected chi connectivity index (χ1v) is 6.34. The molecule has 0 atom stereocenters. The Bertz CT molecular complexity index is 311. The molecule has 0 heterocycles. The van der Waals surface area contributed by atoms with Gasteiger partial charge in [0.2, 0.25) is 5.91 Å². The summed E-state index contributed by atoms with van der Waals surface area (Å²) in [6, 6.07) is 10.3. The first kappa shape index (κ1) is 13.7. The lowest BCUT2D eigenvalue weighted by atomic mass is 10.1. The Hall–Kier alpha value is -1.35. The molecule has 1 aromatic rings. The minimum atomic E-state index is 0.0894. The summed E-state index contributed by atoms with van der Waals surface area (Å²) >= 11 is 0. The van der Waals surface area contributed by atoms with E-state index in [1.165, 1.54) is 5.56 Å². The van der Waals surface area contributed by atoms with Crippen LogP contribution < -0.4 is 10.6 Å². The average molecular weight is 234 g/mol. The van der Waals surface area contributed by atoms with Crippen molar-refractivity contribution >= 4 is 5.91 Å². The van der Waals surface area contributed by atoms with E-state index >= 15 is 0 Å². The molecule has 0 aliphatic rings. The van der Waals surface area contributed by atoms with Crippen LogP contribution in [0.3, 0.4) is 0 Å². The molecule has 0 radical (unpaired) electrons. The molecule has 0 spiro atoms. The van der Waals surface area contributed by atoms with Gasteiger partial charge in [-0.05, 0) is 24.9 Å². The lowest BCUT2D eigenvalue weighted by Gasteiger charge is -2.06. The van der Waals surface area contributed by atoms with Crippen molar-refractivity contribution in [3.05, 3.63) is 35.9 Å². The van der Waals surface area contributed by atoms with Gasteiger partial charge < -0.3 is 10.6 Å². The zero-order valence-electron chi connectivity index (χ0n) is 10.5. The fraction of sp³-hybridized carbons (Fsp3) is 0.500. The van der Waals surface area contributed by atoms with Gasteiger partial charge in [-0.15, -0.1) is 0 Å². The number of benzene rings is 1. The molecule has 0 saturated heterocycles. The Morgan fingerprint density at radius 2 is 1.94 bits per heavy atom. The lowest BCUT2D eigenvalue weighted by molar-refractivity contribution is -0.120. The number of hydrogen-bond donors (Lipinski definition) is 2. The first-order chi connectivity index (χ1) is 8.33. The number of carbonyl (C=O) groups excluding carboxylic acids is 1. The summed E-state index contributed by atoms with van der Waals surface area (Å²) in [6.45, 7) is 4.15. The van der Waals surface area contributed by atoms with Gasteiger partial charge in [-0.1, -0.05) is 43.7 Å². The highest BCUT2D eigenvalue weighted by Gasteiger charge is 1.98. The van der Waals surface area contributed by atoms with E-state index in [-0.39, 0.29) is 5.91 Å². The van der Waals surface area contributed by atoms with Gasteiger partial charge in [-0.3, -0.25) is 4.79 Å². The van der Waals surface area contributed by atoms with Crippen molar-refractivity contribution in [2.45, 2.75) is 26.2 Å². The number of nitrogens with one attached hydrogen (secondary N) is 2. The van der Waals surface area contributed by atoms with Crippen molar-refractivity contribution in [1.82, 2.24) is 10.6 Å². The van der Waals surface area contributed by atoms with Crippen LogP contribution in [0.1, 0.15) is 25.3 Å². The molecule has 0 fully saturated rings. The van der Waals surface area contributed by atoms with Crippen LogP contribution in [0.25, 0.3) is 0 Å². The van der Waals surface area contributed by atoms with Crippen molar-refractivity contribution in [3.63, 3.8) is 0 Å². The summed E-state index contributed by atoms with van der Waals surface area (Å²) < 4.78 is 0. The monoisotopic (exact) mass is 234 g/mol. The van der Waals surface area contributed by atoms with Crippen molar-refractivity contribution in [2.75, 3.05) is 19.6 Å². The summed E-state index contributed by atoms with van der Waals surface area (Å²) in [4.78, 5) is 11.4. The highest BCUT2D eigenvalue weighted by Crippen LogP contribution is 1.97. The van der Waals surface area contributed by atoms with Crippen LogP contribution >= 0.6 is 0 Å². The van der Waals surface area contributed by atoms with E-state index in [4.69, 9.17) is 0 Å². The van der Waals surface area contributed by atoms with E-state index < -0.39 is 0 Å². The predicted molar refractivity (Wildman–Crippen MR) is 70.9 cm³/mol. The van der Waals surface area contributed by atoms with Gasteiger partial charge in [-0.25, -0.2) is 0 Å². The van der Waals surface area contributed by atoms with Gasteiger partial charge in [-0.2, -0.15) is 0 Å². The second-order valence-electron chi connectivity index (χ2n) is 4.12. The van der Waals surface area contributed by atoms with E-state index in [0.717, 1.165) is 32.4 Å². The van der Waals surface area contributed by atoms with Crippen molar-refractivity contribution in [2.24, 2.45) is 0 Å². The summed E-state index contributed by atoms with van der Waals surface area (Å²) in [5, 5.41) is 6.03. The topological polar surface area (TPSA) is 41.1 Å². The molecule has 1 aromatic carbocycles. The minimum absolute atomic E-state index is 0.0894. The third-order valence-corrected chi connectivity index (χ3v) is 2.57. The summed E-state index contributed by atoms with van der Waals surface area (Å²) in [6.07, 6.45) is 3.13. The standard InChI is InChI=1S/C14H22N2O/c1-2-3-10-16-14(17)12-15-11-9-13-7-5-4-6-8-13/h4-8,15H,2-3,9-12H2,1H3,(H,16,17). The normalized spacial score (nSPS) is 10.2. The maximum atomic E-state index is 11.4. The Morgan fingerprint density at radius 1 is 1.18 bits per heavy atom. The SMILES string of the molecule is CCCCNC(=O)CNCCc1ccccc1. The third-order valence-electron chi connectivity index (χ3n) is 2.57. The van der Waals surface area contributed by atoms with Crippen LogP contribution in [0.2, 0.25) is 0 Å².